The maximum absolute atomic E-state index is 9.75. The zero-order valence-electron chi connectivity index (χ0n) is 13.8. The number of nitrogens with zero attached hydrogens (tertiary/aromatic N) is 1. The molecule has 0 aromatic heterocycles. The van der Waals surface area contributed by atoms with Crippen LogP contribution in [0.2, 0.25) is 0 Å². The fraction of sp³-hybridized carbons (Fsp3) is 0.368. The third-order valence-corrected chi connectivity index (χ3v) is 4.21. The van der Waals surface area contributed by atoms with Crippen molar-refractivity contribution in [2.75, 3.05) is 18.6 Å². The van der Waals surface area contributed by atoms with Crippen LogP contribution in [0.1, 0.15) is 19.4 Å². The van der Waals surface area contributed by atoms with Crippen molar-refractivity contribution in [2.24, 2.45) is 0 Å². The summed E-state index contributed by atoms with van der Waals surface area (Å²) in [5.41, 5.74) is 2.17. The van der Waals surface area contributed by atoms with E-state index < -0.39 is 0 Å². The molecule has 2 aromatic carbocycles. The molecule has 0 spiro atoms. The first-order valence-electron chi connectivity index (χ1n) is 7.96. The second kappa shape index (κ2) is 6.41. The Labute approximate surface area is 137 Å². The Bertz CT molecular complexity index is 684. The second-order valence-electron chi connectivity index (χ2n) is 6.15. The zero-order chi connectivity index (χ0) is 16.4. The van der Waals surface area contributed by atoms with Crippen molar-refractivity contribution in [2.45, 2.75) is 32.4 Å². The van der Waals surface area contributed by atoms with E-state index in [1.54, 1.807) is 19.2 Å². The van der Waals surface area contributed by atoms with E-state index in [1.807, 2.05) is 24.3 Å². The average Bonchev–Trinajstić information content (AvgIpc) is 2.54. The summed E-state index contributed by atoms with van der Waals surface area (Å²) in [6.07, 6.45) is 0.783. The third-order valence-electron chi connectivity index (χ3n) is 4.21. The number of phenols is 1. The van der Waals surface area contributed by atoms with Gasteiger partial charge in [0.15, 0.2) is 0 Å². The highest BCUT2D eigenvalue weighted by atomic mass is 16.5. The molecule has 4 heteroatoms. The van der Waals surface area contributed by atoms with Crippen LogP contribution in [-0.2, 0) is 6.42 Å². The summed E-state index contributed by atoms with van der Waals surface area (Å²) in [7, 11) is 1.69. The maximum atomic E-state index is 9.75. The third kappa shape index (κ3) is 3.21. The molecule has 1 atom stereocenters. The van der Waals surface area contributed by atoms with E-state index in [-0.39, 0.29) is 11.9 Å². The van der Waals surface area contributed by atoms with Crippen molar-refractivity contribution in [3.8, 4) is 17.2 Å². The van der Waals surface area contributed by atoms with E-state index >= 15 is 0 Å². The normalized spacial score (nSPS) is 16.9. The summed E-state index contributed by atoms with van der Waals surface area (Å²) < 4.78 is 11.6. The molecule has 1 unspecified atom stereocenters. The van der Waals surface area contributed by atoms with E-state index in [0.717, 1.165) is 35.7 Å². The second-order valence-corrected chi connectivity index (χ2v) is 6.15. The van der Waals surface area contributed by atoms with Gasteiger partial charge in [-0.25, -0.2) is 0 Å². The number of aromatic hydroxyl groups is 1. The first-order chi connectivity index (χ1) is 11.1. The Kier molecular flexibility index (Phi) is 4.33. The largest absolute Gasteiger partial charge is 0.508 e. The molecule has 0 aliphatic carbocycles. The molecule has 0 saturated heterocycles. The first-order valence-corrected chi connectivity index (χ1v) is 7.96. The van der Waals surface area contributed by atoms with Crippen LogP contribution in [0.5, 0.6) is 17.2 Å². The molecule has 1 heterocycles. The predicted molar refractivity (Wildman–Crippen MR) is 91.7 cm³/mol. The number of hydrogen-bond donors (Lipinski definition) is 1. The van der Waals surface area contributed by atoms with Gasteiger partial charge in [0.2, 0.25) is 0 Å². The van der Waals surface area contributed by atoms with Gasteiger partial charge in [-0.3, -0.25) is 0 Å². The lowest BCUT2D eigenvalue weighted by atomic mass is 10.0. The molecule has 2 aromatic rings. The van der Waals surface area contributed by atoms with Gasteiger partial charge in [0.25, 0.3) is 0 Å². The molecule has 0 bridgehead atoms. The molecule has 1 aliphatic heterocycles. The highest BCUT2D eigenvalue weighted by Gasteiger charge is 2.28. The quantitative estimate of drug-likeness (QED) is 0.936. The lowest BCUT2D eigenvalue weighted by molar-refractivity contribution is 0.188. The number of rotatable bonds is 4. The number of para-hydroxylation sites is 1. The summed E-state index contributed by atoms with van der Waals surface area (Å²) >= 11 is 0. The van der Waals surface area contributed by atoms with E-state index in [9.17, 15) is 5.11 Å². The van der Waals surface area contributed by atoms with Crippen molar-refractivity contribution < 1.29 is 14.6 Å². The molecule has 3 rings (SSSR count). The summed E-state index contributed by atoms with van der Waals surface area (Å²) in [5.74, 6) is 1.85. The number of fused-ring (bicyclic) bond motifs is 1. The molecule has 0 saturated carbocycles. The van der Waals surface area contributed by atoms with Crippen LogP contribution in [0.3, 0.4) is 0 Å². The molecule has 122 valence electrons. The van der Waals surface area contributed by atoms with Gasteiger partial charge in [-0.2, -0.15) is 0 Å². The molecular formula is C19H23NO3. The first kappa shape index (κ1) is 15.5. The molecular weight excluding hydrogens is 290 g/mol. The number of hydrogen-bond acceptors (Lipinski definition) is 4. The SMILES string of the molecule is COc1ccccc1CC1CN(C(C)C)c2ccc(O)cc2O1. The Morgan fingerprint density at radius 1 is 1.26 bits per heavy atom. The van der Waals surface area contributed by atoms with Crippen LogP contribution >= 0.6 is 0 Å². The number of anilines is 1. The fourth-order valence-electron chi connectivity index (χ4n) is 3.08. The summed E-state index contributed by atoms with van der Waals surface area (Å²) in [4.78, 5) is 2.32. The highest BCUT2D eigenvalue weighted by Crippen LogP contribution is 2.38. The lowest BCUT2D eigenvalue weighted by Gasteiger charge is -2.39. The zero-order valence-corrected chi connectivity index (χ0v) is 13.8. The van der Waals surface area contributed by atoms with Crippen LogP contribution < -0.4 is 14.4 Å². The van der Waals surface area contributed by atoms with Crippen LogP contribution in [0.4, 0.5) is 5.69 Å². The van der Waals surface area contributed by atoms with Crippen LogP contribution in [0.25, 0.3) is 0 Å². The molecule has 23 heavy (non-hydrogen) atoms. The van der Waals surface area contributed by atoms with E-state index in [4.69, 9.17) is 9.47 Å². The minimum atomic E-state index is 0.0167. The monoisotopic (exact) mass is 313 g/mol. The molecule has 1 aliphatic rings. The number of phenolic OH excluding ortho intramolecular Hbond substituents is 1. The number of benzene rings is 2. The van der Waals surface area contributed by atoms with Gasteiger partial charge >= 0.3 is 0 Å². The van der Waals surface area contributed by atoms with E-state index in [2.05, 4.69) is 24.8 Å². The fourth-order valence-corrected chi connectivity index (χ4v) is 3.08. The van der Waals surface area contributed by atoms with Crippen molar-refractivity contribution >= 4 is 5.69 Å². The predicted octanol–water partition coefficient (Wildman–Crippen LogP) is 3.62. The van der Waals surface area contributed by atoms with E-state index in [0.29, 0.717) is 6.04 Å². The summed E-state index contributed by atoms with van der Waals surface area (Å²) in [6.45, 7) is 5.15. The van der Waals surface area contributed by atoms with Gasteiger partial charge in [0.05, 0.1) is 19.3 Å². The topological polar surface area (TPSA) is 41.9 Å². The highest BCUT2D eigenvalue weighted by molar-refractivity contribution is 5.63. The molecule has 0 amide bonds. The minimum Gasteiger partial charge on any atom is -0.508 e. The summed E-state index contributed by atoms with van der Waals surface area (Å²) in [5, 5.41) is 9.75. The van der Waals surface area contributed by atoms with Gasteiger partial charge < -0.3 is 19.5 Å². The van der Waals surface area contributed by atoms with Crippen molar-refractivity contribution in [1.29, 1.82) is 0 Å². The smallest absolute Gasteiger partial charge is 0.146 e. The van der Waals surface area contributed by atoms with Crippen molar-refractivity contribution in [3.63, 3.8) is 0 Å². The molecule has 0 fully saturated rings. The summed E-state index contributed by atoms with van der Waals surface area (Å²) in [6, 6.07) is 13.7. The Hall–Kier alpha value is -2.36. The van der Waals surface area contributed by atoms with Crippen LogP contribution in [0, 0.1) is 0 Å². The minimum absolute atomic E-state index is 0.0167. The van der Waals surface area contributed by atoms with Crippen LogP contribution in [-0.4, -0.2) is 30.9 Å². The Balaban J connectivity index is 1.88. The van der Waals surface area contributed by atoms with Crippen molar-refractivity contribution in [3.05, 3.63) is 48.0 Å². The lowest BCUT2D eigenvalue weighted by Crippen LogP contribution is -2.44. The van der Waals surface area contributed by atoms with Crippen LogP contribution in [0.15, 0.2) is 42.5 Å². The van der Waals surface area contributed by atoms with Gasteiger partial charge in [-0.05, 0) is 37.6 Å². The van der Waals surface area contributed by atoms with Gasteiger partial charge in [-0.15, -0.1) is 0 Å². The Morgan fingerprint density at radius 2 is 2.04 bits per heavy atom. The molecule has 1 N–H and O–H groups in total. The van der Waals surface area contributed by atoms with Crippen molar-refractivity contribution in [1.82, 2.24) is 0 Å². The molecule has 4 nitrogen and oxygen atoms in total. The average molecular weight is 313 g/mol. The van der Waals surface area contributed by atoms with Gasteiger partial charge in [0, 0.05) is 18.5 Å². The Morgan fingerprint density at radius 3 is 2.78 bits per heavy atom. The van der Waals surface area contributed by atoms with Gasteiger partial charge in [-0.1, -0.05) is 18.2 Å². The number of methoxy groups -OCH3 is 1. The maximum Gasteiger partial charge on any atom is 0.146 e. The number of ether oxygens (including phenoxy) is 2. The van der Waals surface area contributed by atoms with Gasteiger partial charge in [0.1, 0.15) is 23.4 Å². The standard InChI is InChI=1S/C19H23NO3/c1-13(2)20-12-16(10-14-6-4-5-7-18(14)22-3)23-19-11-15(21)8-9-17(19)20/h4-9,11,13,16,21H,10,12H2,1-3H3. The van der Waals surface area contributed by atoms with E-state index in [1.165, 1.54) is 0 Å². The molecule has 0 radical (unpaired) electrons.